The summed E-state index contributed by atoms with van der Waals surface area (Å²) in [6.07, 6.45) is 0. The van der Waals surface area contributed by atoms with Crippen molar-refractivity contribution in [3.63, 3.8) is 0 Å². The third-order valence-electron chi connectivity index (χ3n) is 3.48. The van der Waals surface area contributed by atoms with Crippen LogP contribution in [0.1, 0.15) is 0 Å². The first-order chi connectivity index (χ1) is 11.9. The number of nitrogens with two attached hydrogens (primary N) is 1. The number of ether oxygens (including phenoxy) is 1. The summed E-state index contributed by atoms with van der Waals surface area (Å²) in [5, 5.41) is 6.87. The van der Waals surface area contributed by atoms with Crippen LogP contribution in [0.25, 0.3) is 0 Å². The average Bonchev–Trinajstić information content (AvgIpc) is 2.60. The second-order valence-corrected chi connectivity index (χ2v) is 5.19. The molecule has 25 heavy (non-hydrogen) atoms. The lowest BCUT2D eigenvalue weighted by molar-refractivity contribution is -0.128. The van der Waals surface area contributed by atoms with Crippen molar-refractivity contribution in [2.24, 2.45) is 5.73 Å². The Morgan fingerprint density at radius 1 is 1.24 bits per heavy atom. The number of benzene rings is 1. The molecule has 1 aromatic rings. The lowest BCUT2D eigenvalue weighted by Gasteiger charge is -2.27. The number of nitrogens with one attached hydrogen (secondary N) is 3. The van der Waals surface area contributed by atoms with Gasteiger partial charge in [0.25, 0.3) is 11.8 Å². The van der Waals surface area contributed by atoms with Gasteiger partial charge in [-0.1, -0.05) is 0 Å². The van der Waals surface area contributed by atoms with Gasteiger partial charge in [0.2, 0.25) is 5.91 Å². The number of hydrogen-bond acceptors (Lipinski definition) is 5. The number of carbonyl (C=O) groups is 4. The van der Waals surface area contributed by atoms with Crippen molar-refractivity contribution in [3.05, 3.63) is 24.3 Å². The standard InChI is InChI=1S/C15H19N5O5/c1-17-15(24)19-12(13(16)22)14(23)18-9-2-4-10(5-3-9)20-6-7-25-8-11(20)21/h2-5,12H,6-8H2,1H3,(H2,16,22)(H,18,23)(H2,17,19,24)/t12-/m0/s1. The van der Waals surface area contributed by atoms with Crippen LogP contribution in [0.15, 0.2) is 24.3 Å². The third kappa shape index (κ3) is 4.67. The van der Waals surface area contributed by atoms with Gasteiger partial charge in [0.15, 0.2) is 6.04 Å². The second-order valence-electron chi connectivity index (χ2n) is 5.19. The molecule has 10 nitrogen and oxygen atoms in total. The largest absolute Gasteiger partial charge is 0.370 e. The molecule has 2 rings (SSSR count). The van der Waals surface area contributed by atoms with Crippen LogP contribution >= 0.6 is 0 Å². The maximum absolute atomic E-state index is 12.1. The Hall–Kier alpha value is -3.14. The van der Waals surface area contributed by atoms with Crippen LogP contribution in [0.3, 0.4) is 0 Å². The molecule has 0 aliphatic carbocycles. The Morgan fingerprint density at radius 3 is 2.48 bits per heavy atom. The first-order valence-corrected chi connectivity index (χ1v) is 7.49. The number of carbonyl (C=O) groups excluding carboxylic acids is 4. The van der Waals surface area contributed by atoms with Gasteiger partial charge in [-0.3, -0.25) is 14.4 Å². The molecule has 1 heterocycles. The molecule has 1 aliphatic rings. The van der Waals surface area contributed by atoms with Crippen molar-refractivity contribution in [1.82, 2.24) is 10.6 Å². The molecule has 1 saturated heterocycles. The van der Waals surface area contributed by atoms with Gasteiger partial charge in [0.05, 0.1) is 6.61 Å². The van der Waals surface area contributed by atoms with E-state index in [1.54, 1.807) is 29.2 Å². The molecule has 10 heteroatoms. The molecule has 0 radical (unpaired) electrons. The maximum atomic E-state index is 12.1. The molecule has 1 aliphatic heterocycles. The average molecular weight is 349 g/mol. The van der Waals surface area contributed by atoms with Gasteiger partial charge < -0.3 is 31.3 Å². The van der Waals surface area contributed by atoms with Crippen LogP contribution in [-0.4, -0.2) is 56.6 Å². The van der Waals surface area contributed by atoms with Gasteiger partial charge in [-0.25, -0.2) is 4.79 Å². The number of primary amides is 1. The fourth-order valence-corrected chi connectivity index (χ4v) is 2.20. The van der Waals surface area contributed by atoms with E-state index in [9.17, 15) is 19.2 Å². The first kappa shape index (κ1) is 18.2. The minimum absolute atomic E-state index is 0.0317. The van der Waals surface area contributed by atoms with Crippen molar-refractivity contribution in [2.45, 2.75) is 6.04 Å². The number of anilines is 2. The summed E-state index contributed by atoms with van der Waals surface area (Å²) in [4.78, 5) is 48.1. The van der Waals surface area contributed by atoms with E-state index < -0.39 is 23.9 Å². The minimum Gasteiger partial charge on any atom is -0.370 e. The Labute approximate surface area is 143 Å². The zero-order valence-electron chi connectivity index (χ0n) is 13.6. The SMILES string of the molecule is CNC(=O)N[C@@H](C(N)=O)C(=O)Nc1ccc(N2CCOCC2=O)cc1. The maximum Gasteiger partial charge on any atom is 0.315 e. The summed E-state index contributed by atoms with van der Waals surface area (Å²) in [6, 6.07) is 4.25. The zero-order valence-corrected chi connectivity index (χ0v) is 13.6. The highest BCUT2D eigenvalue weighted by Gasteiger charge is 2.26. The van der Waals surface area contributed by atoms with Crippen LogP contribution in [0, 0.1) is 0 Å². The number of hydrogen-bond donors (Lipinski definition) is 4. The molecule has 1 aromatic carbocycles. The van der Waals surface area contributed by atoms with E-state index in [0.29, 0.717) is 24.5 Å². The molecule has 5 amide bonds. The Kier molecular flexibility index (Phi) is 5.90. The Balaban J connectivity index is 2.04. The fourth-order valence-electron chi connectivity index (χ4n) is 2.20. The molecule has 0 bridgehead atoms. The summed E-state index contributed by atoms with van der Waals surface area (Å²) in [5.74, 6) is -1.91. The molecule has 1 fully saturated rings. The summed E-state index contributed by atoms with van der Waals surface area (Å²) in [6.45, 7) is 0.934. The normalized spacial score (nSPS) is 15.2. The lowest BCUT2D eigenvalue weighted by Crippen LogP contribution is -2.53. The van der Waals surface area contributed by atoms with E-state index in [1.807, 2.05) is 0 Å². The van der Waals surface area contributed by atoms with Crippen LogP contribution in [0.2, 0.25) is 0 Å². The van der Waals surface area contributed by atoms with Crippen molar-refractivity contribution < 1.29 is 23.9 Å². The van der Waals surface area contributed by atoms with Gasteiger partial charge >= 0.3 is 6.03 Å². The van der Waals surface area contributed by atoms with Crippen LogP contribution in [-0.2, 0) is 19.1 Å². The number of urea groups is 1. The minimum atomic E-state index is -1.51. The van der Waals surface area contributed by atoms with Crippen LogP contribution in [0.4, 0.5) is 16.2 Å². The zero-order chi connectivity index (χ0) is 18.4. The summed E-state index contributed by atoms with van der Waals surface area (Å²) in [7, 11) is 1.34. The van der Waals surface area contributed by atoms with Crippen molar-refractivity contribution >= 4 is 35.1 Å². The summed E-state index contributed by atoms with van der Waals surface area (Å²) >= 11 is 0. The molecule has 0 saturated carbocycles. The van der Waals surface area contributed by atoms with Crippen LogP contribution < -0.4 is 26.6 Å². The van der Waals surface area contributed by atoms with E-state index in [1.165, 1.54) is 7.05 Å². The molecule has 5 N–H and O–H groups in total. The Bertz CT molecular complexity index is 675. The van der Waals surface area contributed by atoms with E-state index in [-0.39, 0.29) is 12.5 Å². The van der Waals surface area contributed by atoms with Gasteiger partial charge in [-0.05, 0) is 24.3 Å². The number of morpholine rings is 1. The molecule has 134 valence electrons. The van der Waals surface area contributed by atoms with Crippen molar-refractivity contribution in [3.8, 4) is 0 Å². The van der Waals surface area contributed by atoms with Gasteiger partial charge in [-0.2, -0.15) is 0 Å². The van der Waals surface area contributed by atoms with E-state index in [2.05, 4.69) is 16.0 Å². The lowest BCUT2D eigenvalue weighted by atomic mass is 10.2. The predicted molar refractivity (Wildman–Crippen MR) is 88.8 cm³/mol. The van der Waals surface area contributed by atoms with Crippen LogP contribution in [0.5, 0.6) is 0 Å². The monoisotopic (exact) mass is 349 g/mol. The smallest absolute Gasteiger partial charge is 0.315 e. The van der Waals surface area contributed by atoms with Gasteiger partial charge in [0.1, 0.15) is 6.61 Å². The van der Waals surface area contributed by atoms with Crippen molar-refractivity contribution in [1.29, 1.82) is 0 Å². The van der Waals surface area contributed by atoms with Gasteiger partial charge in [-0.15, -0.1) is 0 Å². The Morgan fingerprint density at radius 2 is 1.92 bits per heavy atom. The third-order valence-corrected chi connectivity index (χ3v) is 3.48. The quantitative estimate of drug-likeness (QED) is 0.492. The van der Waals surface area contributed by atoms with Gasteiger partial charge in [0, 0.05) is 25.0 Å². The second kappa shape index (κ2) is 8.11. The number of rotatable bonds is 5. The fraction of sp³-hybridized carbons (Fsp3) is 0.333. The highest BCUT2D eigenvalue weighted by molar-refractivity contribution is 6.11. The number of nitrogens with zero attached hydrogens (tertiary/aromatic N) is 1. The van der Waals surface area contributed by atoms with Crippen molar-refractivity contribution in [2.75, 3.05) is 37.0 Å². The molecule has 0 spiro atoms. The topological polar surface area (TPSA) is 143 Å². The van der Waals surface area contributed by atoms with E-state index in [4.69, 9.17) is 10.5 Å². The molecular weight excluding hydrogens is 330 g/mol. The predicted octanol–water partition coefficient (Wildman–Crippen LogP) is -1.23. The highest BCUT2D eigenvalue weighted by atomic mass is 16.5. The molecule has 0 aromatic heterocycles. The summed E-state index contributed by atoms with van der Waals surface area (Å²) in [5.41, 5.74) is 6.19. The first-order valence-electron chi connectivity index (χ1n) is 7.49. The number of amides is 5. The molecular formula is C15H19N5O5. The van der Waals surface area contributed by atoms with E-state index >= 15 is 0 Å². The highest BCUT2D eigenvalue weighted by Crippen LogP contribution is 2.19. The molecule has 0 unspecified atom stereocenters. The van der Waals surface area contributed by atoms with E-state index in [0.717, 1.165) is 0 Å². The molecule has 1 atom stereocenters. The summed E-state index contributed by atoms with van der Waals surface area (Å²) < 4.78 is 5.07.